The highest BCUT2D eigenvalue weighted by Crippen LogP contribution is 2.42. The number of hydrogen-bond donors (Lipinski definition) is 1. The molecule has 0 spiro atoms. The molecule has 0 unspecified atom stereocenters. The van der Waals surface area contributed by atoms with Crippen molar-refractivity contribution in [1.82, 2.24) is 19.5 Å². The second kappa shape index (κ2) is 8.85. The topological polar surface area (TPSA) is 103 Å². The van der Waals surface area contributed by atoms with E-state index in [1.54, 1.807) is 18.3 Å². The predicted octanol–water partition coefficient (Wildman–Crippen LogP) is 6.24. The largest absolute Gasteiger partial charge is 0.327 e. The number of benzene rings is 1. The summed E-state index contributed by atoms with van der Waals surface area (Å²) < 4.78 is 2.29. The van der Waals surface area contributed by atoms with Gasteiger partial charge in [0.25, 0.3) is 0 Å². The standard InChI is InChI=1S/C28H25N7/c29-15-18-1-6-23(7-2-18)35-17-32-24-8-5-21(13-26(24)35)25-12-22(20-3-4-20)14-28(33-25)34-27-11-19(16-30)9-10-31-27/h5,8-14,17-18,20,23H,1-4,6-7H2,(H,31,33,34)/t18-,23-. The molecule has 1 N–H and O–H groups in total. The summed E-state index contributed by atoms with van der Waals surface area (Å²) in [6, 6.07) is 19.0. The summed E-state index contributed by atoms with van der Waals surface area (Å²) in [5.41, 5.74) is 5.89. The Morgan fingerprint density at radius 2 is 1.74 bits per heavy atom. The normalized spacial score (nSPS) is 19.7. The van der Waals surface area contributed by atoms with Gasteiger partial charge in [-0.2, -0.15) is 10.5 Å². The molecule has 7 nitrogen and oxygen atoms in total. The molecular formula is C28H25N7. The molecule has 0 radical (unpaired) electrons. The van der Waals surface area contributed by atoms with Gasteiger partial charge in [0.05, 0.1) is 40.8 Å². The summed E-state index contributed by atoms with van der Waals surface area (Å²) in [6.45, 7) is 0. The van der Waals surface area contributed by atoms with E-state index in [2.05, 4.69) is 62.3 Å². The van der Waals surface area contributed by atoms with E-state index in [4.69, 9.17) is 4.98 Å². The van der Waals surface area contributed by atoms with Gasteiger partial charge in [-0.1, -0.05) is 6.07 Å². The van der Waals surface area contributed by atoms with Crippen LogP contribution >= 0.6 is 0 Å². The van der Waals surface area contributed by atoms with Crippen molar-refractivity contribution in [3.8, 4) is 23.4 Å². The van der Waals surface area contributed by atoms with E-state index in [-0.39, 0.29) is 5.92 Å². The van der Waals surface area contributed by atoms with Crippen LogP contribution in [0.2, 0.25) is 0 Å². The minimum atomic E-state index is 0.181. The van der Waals surface area contributed by atoms with E-state index in [1.165, 1.54) is 18.4 Å². The molecule has 0 atom stereocenters. The van der Waals surface area contributed by atoms with Crippen molar-refractivity contribution >= 4 is 22.7 Å². The summed E-state index contributed by atoms with van der Waals surface area (Å²) in [6.07, 6.45) is 9.87. The molecule has 2 aliphatic rings. The van der Waals surface area contributed by atoms with Crippen molar-refractivity contribution in [2.45, 2.75) is 50.5 Å². The second-order valence-corrected chi connectivity index (χ2v) is 9.60. The van der Waals surface area contributed by atoms with E-state index < -0.39 is 0 Å². The fourth-order valence-electron chi connectivity index (χ4n) is 5.08. The quantitative estimate of drug-likeness (QED) is 0.379. The number of pyridine rings is 2. The van der Waals surface area contributed by atoms with Crippen LogP contribution in [-0.4, -0.2) is 19.5 Å². The average molecular weight is 460 g/mol. The number of imidazole rings is 1. The van der Waals surface area contributed by atoms with Crippen LogP contribution in [0.4, 0.5) is 11.6 Å². The molecule has 0 saturated heterocycles. The summed E-state index contributed by atoms with van der Waals surface area (Å²) in [7, 11) is 0. The van der Waals surface area contributed by atoms with Gasteiger partial charge >= 0.3 is 0 Å². The molecular weight excluding hydrogens is 434 g/mol. The third kappa shape index (κ3) is 4.34. The predicted molar refractivity (Wildman–Crippen MR) is 134 cm³/mol. The Kier molecular flexibility index (Phi) is 5.39. The first-order chi connectivity index (χ1) is 17.2. The molecule has 2 saturated carbocycles. The second-order valence-electron chi connectivity index (χ2n) is 9.60. The average Bonchev–Trinajstić information content (AvgIpc) is 3.68. The summed E-state index contributed by atoms with van der Waals surface area (Å²) in [4.78, 5) is 13.9. The lowest BCUT2D eigenvalue weighted by molar-refractivity contribution is 0.318. The van der Waals surface area contributed by atoms with E-state index >= 15 is 0 Å². The van der Waals surface area contributed by atoms with Gasteiger partial charge in [0.15, 0.2) is 0 Å². The number of nitrogens with zero attached hydrogens (tertiary/aromatic N) is 6. The van der Waals surface area contributed by atoms with E-state index in [0.29, 0.717) is 23.3 Å². The smallest absolute Gasteiger partial charge is 0.132 e. The fourth-order valence-corrected chi connectivity index (χ4v) is 5.08. The van der Waals surface area contributed by atoms with Crippen molar-refractivity contribution in [2.24, 2.45) is 5.92 Å². The number of aromatic nitrogens is 4. The van der Waals surface area contributed by atoms with Gasteiger partial charge in [-0.3, -0.25) is 0 Å². The Balaban J connectivity index is 1.35. The van der Waals surface area contributed by atoms with E-state index in [0.717, 1.165) is 53.8 Å². The van der Waals surface area contributed by atoms with Gasteiger partial charge in [0, 0.05) is 23.7 Å². The lowest BCUT2D eigenvalue weighted by atomic mass is 9.87. The number of nitrogens with one attached hydrogen (secondary N) is 1. The zero-order chi connectivity index (χ0) is 23.8. The Hall–Kier alpha value is -4.23. The molecule has 0 bridgehead atoms. The van der Waals surface area contributed by atoms with Crippen molar-refractivity contribution in [3.05, 3.63) is 66.1 Å². The molecule has 0 amide bonds. The number of hydrogen-bond acceptors (Lipinski definition) is 6. The Labute approximate surface area is 204 Å². The van der Waals surface area contributed by atoms with Gasteiger partial charge in [-0.05, 0) is 86.4 Å². The highest BCUT2D eigenvalue weighted by atomic mass is 15.1. The number of nitriles is 2. The molecule has 0 aliphatic heterocycles. The Morgan fingerprint density at radius 3 is 2.51 bits per heavy atom. The van der Waals surface area contributed by atoms with Gasteiger partial charge < -0.3 is 9.88 Å². The molecule has 2 fully saturated rings. The first-order valence-electron chi connectivity index (χ1n) is 12.2. The minimum absolute atomic E-state index is 0.181. The maximum Gasteiger partial charge on any atom is 0.132 e. The van der Waals surface area contributed by atoms with Crippen LogP contribution in [0.15, 0.2) is 55.0 Å². The lowest BCUT2D eigenvalue weighted by Crippen LogP contribution is -2.16. The van der Waals surface area contributed by atoms with Gasteiger partial charge in [0.1, 0.15) is 11.6 Å². The summed E-state index contributed by atoms with van der Waals surface area (Å²) >= 11 is 0. The first-order valence-corrected chi connectivity index (χ1v) is 12.2. The third-order valence-corrected chi connectivity index (χ3v) is 7.18. The van der Waals surface area contributed by atoms with Gasteiger partial charge in [0.2, 0.25) is 0 Å². The van der Waals surface area contributed by atoms with Crippen LogP contribution in [0.3, 0.4) is 0 Å². The number of rotatable bonds is 5. The van der Waals surface area contributed by atoms with Crippen molar-refractivity contribution in [3.63, 3.8) is 0 Å². The van der Waals surface area contributed by atoms with Crippen molar-refractivity contribution < 1.29 is 0 Å². The van der Waals surface area contributed by atoms with Crippen LogP contribution in [0.5, 0.6) is 0 Å². The monoisotopic (exact) mass is 459 g/mol. The molecule has 3 heterocycles. The maximum atomic E-state index is 9.25. The molecule has 7 heteroatoms. The molecule has 1 aromatic carbocycles. The van der Waals surface area contributed by atoms with Crippen LogP contribution in [0.25, 0.3) is 22.3 Å². The van der Waals surface area contributed by atoms with Crippen LogP contribution in [-0.2, 0) is 0 Å². The first kappa shape index (κ1) is 21.3. The summed E-state index contributed by atoms with van der Waals surface area (Å²) in [5.74, 6) is 2.09. The Bertz CT molecular complexity index is 1480. The molecule has 2 aliphatic carbocycles. The van der Waals surface area contributed by atoms with Gasteiger partial charge in [-0.25, -0.2) is 15.0 Å². The fraction of sp³-hybridized carbons (Fsp3) is 0.321. The van der Waals surface area contributed by atoms with Crippen LogP contribution in [0, 0.1) is 28.6 Å². The molecule has 3 aromatic heterocycles. The van der Waals surface area contributed by atoms with Crippen molar-refractivity contribution in [1.29, 1.82) is 10.5 Å². The van der Waals surface area contributed by atoms with E-state index in [9.17, 15) is 10.5 Å². The van der Waals surface area contributed by atoms with Crippen molar-refractivity contribution in [2.75, 3.05) is 5.32 Å². The highest BCUT2D eigenvalue weighted by Gasteiger charge is 2.26. The zero-order valence-electron chi connectivity index (χ0n) is 19.4. The van der Waals surface area contributed by atoms with Crippen LogP contribution < -0.4 is 5.32 Å². The number of anilines is 2. The molecule has 35 heavy (non-hydrogen) atoms. The summed E-state index contributed by atoms with van der Waals surface area (Å²) in [5, 5.41) is 21.8. The highest BCUT2D eigenvalue weighted by molar-refractivity contribution is 5.82. The molecule has 6 rings (SSSR count). The minimum Gasteiger partial charge on any atom is -0.327 e. The Morgan fingerprint density at radius 1 is 0.886 bits per heavy atom. The van der Waals surface area contributed by atoms with Gasteiger partial charge in [-0.15, -0.1) is 0 Å². The lowest BCUT2D eigenvalue weighted by Gasteiger charge is -2.26. The SMILES string of the molecule is N#Cc1ccnc(Nc2cc(C3CC3)cc(-c3ccc4ncn([C@H]5CC[C@H](C#N)CC5)c4c3)n2)c1. The van der Waals surface area contributed by atoms with E-state index in [1.807, 2.05) is 6.33 Å². The molecule has 172 valence electrons. The maximum absolute atomic E-state index is 9.25. The van der Waals surface area contributed by atoms with Crippen LogP contribution in [0.1, 0.15) is 61.6 Å². The third-order valence-electron chi connectivity index (χ3n) is 7.18. The zero-order valence-corrected chi connectivity index (χ0v) is 19.4. The number of fused-ring (bicyclic) bond motifs is 1. The molecule has 4 aromatic rings.